The molecule has 0 spiro atoms. The number of hydrogen-bond donors (Lipinski definition) is 2. The minimum atomic E-state index is -0.153. The van der Waals surface area contributed by atoms with E-state index in [1.807, 2.05) is 19.2 Å². The number of para-hydroxylation sites is 1. The van der Waals surface area contributed by atoms with Crippen molar-refractivity contribution >= 4 is 0 Å². The van der Waals surface area contributed by atoms with Gasteiger partial charge in [-0.2, -0.15) is 0 Å². The van der Waals surface area contributed by atoms with Crippen molar-refractivity contribution in [2.75, 3.05) is 33.4 Å². The molecular weight excluding hydrogens is 252 g/mol. The van der Waals surface area contributed by atoms with E-state index in [0.29, 0.717) is 12.5 Å². The monoisotopic (exact) mass is 276 g/mol. The van der Waals surface area contributed by atoms with Gasteiger partial charge in [-0.25, -0.2) is 0 Å². The highest BCUT2D eigenvalue weighted by atomic mass is 16.5. The van der Waals surface area contributed by atoms with Crippen LogP contribution in [0.1, 0.15) is 18.4 Å². The normalized spacial score (nSPS) is 22.5. The number of aliphatic hydroxyl groups excluding tert-OH is 1. The summed E-state index contributed by atoms with van der Waals surface area (Å²) in [6, 6.07) is 8.25. The van der Waals surface area contributed by atoms with E-state index in [4.69, 9.17) is 4.74 Å². The van der Waals surface area contributed by atoms with Crippen LogP contribution < -0.4 is 10.1 Å². The average Bonchev–Trinajstić information content (AvgIpc) is 3.31. The van der Waals surface area contributed by atoms with Gasteiger partial charge in [-0.3, -0.25) is 4.90 Å². The van der Waals surface area contributed by atoms with E-state index in [2.05, 4.69) is 22.3 Å². The molecule has 1 aliphatic carbocycles. The minimum Gasteiger partial charge on any atom is -0.492 e. The molecule has 4 heteroatoms. The highest BCUT2D eigenvalue weighted by molar-refractivity contribution is 5.33. The molecule has 0 aromatic heterocycles. The molecule has 1 saturated carbocycles. The maximum Gasteiger partial charge on any atom is 0.123 e. The van der Waals surface area contributed by atoms with Gasteiger partial charge in [0.1, 0.15) is 12.4 Å². The van der Waals surface area contributed by atoms with Crippen molar-refractivity contribution in [3.63, 3.8) is 0 Å². The van der Waals surface area contributed by atoms with Gasteiger partial charge in [0.15, 0.2) is 0 Å². The molecule has 1 aromatic carbocycles. The smallest absolute Gasteiger partial charge is 0.123 e. The summed E-state index contributed by atoms with van der Waals surface area (Å²) in [5, 5.41) is 13.2. The highest BCUT2D eigenvalue weighted by Crippen LogP contribution is 2.40. The van der Waals surface area contributed by atoms with E-state index in [-0.39, 0.29) is 12.1 Å². The van der Waals surface area contributed by atoms with Crippen molar-refractivity contribution in [1.82, 2.24) is 10.2 Å². The van der Waals surface area contributed by atoms with Gasteiger partial charge in [-0.05, 0) is 31.9 Å². The van der Waals surface area contributed by atoms with E-state index in [0.717, 1.165) is 25.4 Å². The van der Waals surface area contributed by atoms with Crippen LogP contribution in [-0.4, -0.2) is 48.9 Å². The Morgan fingerprint density at radius 3 is 2.90 bits per heavy atom. The van der Waals surface area contributed by atoms with Gasteiger partial charge in [-0.15, -0.1) is 0 Å². The second-order valence-electron chi connectivity index (χ2n) is 6.01. The Morgan fingerprint density at radius 2 is 2.20 bits per heavy atom. The zero-order valence-electron chi connectivity index (χ0n) is 12.1. The van der Waals surface area contributed by atoms with Gasteiger partial charge in [0.05, 0.1) is 12.1 Å². The molecule has 1 aliphatic heterocycles. The molecule has 2 aliphatic rings. The van der Waals surface area contributed by atoms with Crippen molar-refractivity contribution in [2.45, 2.75) is 24.9 Å². The van der Waals surface area contributed by atoms with Crippen LogP contribution in [0.25, 0.3) is 0 Å². The number of fused-ring (bicyclic) bond motifs is 1. The fourth-order valence-corrected chi connectivity index (χ4v) is 3.22. The molecule has 1 atom stereocenters. The molecule has 1 aromatic rings. The third-order valence-electron chi connectivity index (χ3n) is 4.68. The lowest BCUT2D eigenvalue weighted by atomic mass is 9.93. The fraction of sp³-hybridized carbons (Fsp3) is 0.625. The lowest BCUT2D eigenvalue weighted by Crippen LogP contribution is -2.56. The molecule has 0 amide bonds. The fourth-order valence-electron chi connectivity index (χ4n) is 3.22. The van der Waals surface area contributed by atoms with E-state index < -0.39 is 0 Å². The Bertz CT molecular complexity index is 456. The summed E-state index contributed by atoms with van der Waals surface area (Å²) in [6.45, 7) is 3.60. The molecule has 2 N–H and O–H groups in total. The Hall–Kier alpha value is -1.10. The predicted molar refractivity (Wildman–Crippen MR) is 78.8 cm³/mol. The molecule has 1 heterocycles. The summed E-state index contributed by atoms with van der Waals surface area (Å²) in [5.41, 5.74) is 1.09. The third kappa shape index (κ3) is 2.68. The van der Waals surface area contributed by atoms with Crippen LogP contribution in [0.4, 0.5) is 0 Å². The number of hydrogen-bond acceptors (Lipinski definition) is 4. The third-order valence-corrected chi connectivity index (χ3v) is 4.68. The van der Waals surface area contributed by atoms with Crippen LogP contribution >= 0.6 is 0 Å². The van der Waals surface area contributed by atoms with Crippen LogP contribution in [0.2, 0.25) is 0 Å². The van der Waals surface area contributed by atoms with Crippen LogP contribution in [-0.2, 0) is 6.54 Å². The second-order valence-corrected chi connectivity index (χ2v) is 6.01. The Labute approximate surface area is 120 Å². The van der Waals surface area contributed by atoms with Crippen molar-refractivity contribution in [1.29, 1.82) is 0 Å². The molecule has 0 saturated heterocycles. The maximum atomic E-state index is 9.86. The molecule has 0 radical (unpaired) electrons. The lowest BCUT2D eigenvalue weighted by molar-refractivity contribution is 0.0901. The van der Waals surface area contributed by atoms with E-state index in [1.165, 1.54) is 18.4 Å². The molecule has 4 nitrogen and oxygen atoms in total. The van der Waals surface area contributed by atoms with Gasteiger partial charge < -0.3 is 15.2 Å². The number of rotatable bonds is 5. The number of nitrogens with one attached hydrogen (secondary N) is 1. The average molecular weight is 276 g/mol. The highest BCUT2D eigenvalue weighted by Gasteiger charge is 2.44. The molecule has 1 unspecified atom stereocenters. The Morgan fingerprint density at radius 1 is 1.40 bits per heavy atom. The van der Waals surface area contributed by atoms with Crippen LogP contribution in [0.3, 0.4) is 0 Å². The molecule has 1 fully saturated rings. The first kappa shape index (κ1) is 13.9. The lowest BCUT2D eigenvalue weighted by Gasteiger charge is -2.36. The topological polar surface area (TPSA) is 44.7 Å². The number of aliphatic hydroxyl groups is 1. The maximum absolute atomic E-state index is 9.86. The van der Waals surface area contributed by atoms with Crippen molar-refractivity contribution < 1.29 is 9.84 Å². The molecular formula is C16H24N2O2. The number of benzene rings is 1. The summed E-state index contributed by atoms with van der Waals surface area (Å²) in [7, 11) is 1.97. The van der Waals surface area contributed by atoms with Gasteiger partial charge in [0.2, 0.25) is 0 Å². The van der Waals surface area contributed by atoms with Gasteiger partial charge >= 0.3 is 0 Å². The van der Waals surface area contributed by atoms with Crippen molar-refractivity contribution in [3.05, 3.63) is 29.8 Å². The summed E-state index contributed by atoms with van der Waals surface area (Å²) in [6.07, 6.45) is 2.45. The largest absolute Gasteiger partial charge is 0.492 e. The summed E-state index contributed by atoms with van der Waals surface area (Å²) in [5.74, 6) is 1.61. The quantitative estimate of drug-likeness (QED) is 0.849. The van der Waals surface area contributed by atoms with Gasteiger partial charge in [0, 0.05) is 25.2 Å². The Balaban J connectivity index is 1.74. The first-order valence-electron chi connectivity index (χ1n) is 7.50. The van der Waals surface area contributed by atoms with Gasteiger partial charge in [-0.1, -0.05) is 18.2 Å². The molecule has 110 valence electrons. The zero-order valence-corrected chi connectivity index (χ0v) is 12.1. The molecule has 20 heavy (non-hydrogen) atoms. The van der Waals surface area contributed by atoms with E-state index >= 15 is 0 Å². The number of likely N-dealkylation sites (N-methyl/N-ethyl adjacent to an activating group) is 1. The first-order chi connectivity index (χ1) is 9.77. The predicted octanol–water partition coefficient (Wildman–Crippen LogP) is 1.24. The molecule has 0 bridgehead atoms. The van der Waals surface area contributed by atoms with E-state index in [1.54, 1.807) is 0 Å². The zero-order chi connectivity index (χ0) is 14.0. The summed E-state index contributed by atoms with van der Waals surface area (Å²) < 4.78 is 5.81. The standard InChI is InChI=1S/C16H24N2O2/c1-17-16(12-19,14-6-7-14)11-18-8-9-20-15-5-3-2-4-13(15)10-18/h2-5,14,17,19H,6-12H2,1H3. The number of ether oxygens (including phenoxy) is 1. The number of nitrogens with zero attached hydrogens (tertiary/aromatic N) is 1. The van der Waals surface area contributed by atoms with Crippen molar-refractivity contribution in [3.8, 4) is 5.75 Å². The SMILES string of the molecule is CNC(CO)(CN1CCOc2ccccc2C1)C1CC1. The summed E-state index contributed by atoms with van der Waals surface area (Å²) in [4.78, 5) is 2.40. The minimum absolute atomic E-state index is 0.153. The Kier molecular flexibility index (Phi) is 3.96. The first-order valence-corrected chi connectivity index (χ1v) is 7.50. The van der Waals surface area contributed by atoms with Crippen LogP contribution in [0.15, 0.2) is 24.3 Å². The summed E-state index contributed by atoms with van der Waals surface area (Å²) >= 11 is 0. The second kappa shape index (κ2) is 5.72. The van der Waals surface area contributed by atoms with Crippen LogP contribution in [0, 0.1) is 5.92 Å². The van der Waals surface area contributed by atoms with Gasteiger partial charge in [0.25, 0.3) is 0 Å². The van der Waals surface area contributed by atoms with Crippen molar-refractivity contribution in [2.24, 2.45) is 5.92 Å². The molecule has 3 rings (SSSR count). The van der Waals surface area contributed by atoms with Crippen LogP contribution in [0.5, 0.6) is 5.75 Å². The van der Waals surface area contributed by atoms with E-state index in [9.17, 15) is 5.11 Å².